The number of urea groups is 1. The number of amides is 3. The summed E-state index contributed by atoms with van der Waals surface area (Å²) in [4.78, 5) is 29.6. The van der Waals surface area contributed by atoms with Crippen molar-refractivity contribution in [2.24, 2.45) is 7.05 Å². The van der Waals surface area contributed by atoms with Crippen LogP contribution in [-0.2, 0) is 31.4 Å². The quantitative estimate of drug-likeness (QED) is 0.455. The van der Waals surface area contributed by atoms with Crippen LogP contribution in [0.15, 0.2) is 85.6 Å². The van der Waals surface area contributed by atoms with E-state index in [0.29, 0.717) is 18.8 Å². The van der Waals surface area contributed by atoms with Gasteiger partial charge in [0.2, 0.25) is 5.91 Å². The number of carbonyl (C=O) groups excluding carboxylic acids is 2. The molecule has 3 aromatic rings. The molecule has 0 saturated carbocycles. The highest BCUT2D eigenvalue weighted by molar-refractivity contribution is 5.92. The summed E-state index contributed by atoms with van der Waals surface area (Å²) >= 11 is 0. The molecule has 3 rings (SSSR count). The number of carbonyl (C=O) groups is 2. The lowest BCUT2D eigenvalue weighted by Gasteiger charge is -2.27. The molecule has 1 aromatic heterocycles. The van der Waals surface area contributed by atoms with Gasteiger partial charge >= 0.3 is 6.03 Å². The van der Waals surface area contributed by atoms with Crippen LogP contribution in [0.5, 0.6) is 0 Å². The van der Waals surface area contributed by atoms with Crippen LogP contribution in [0.25, 0.3) is 0 Å². The monoisotopic (exact) mass is 444 g/mol. The molecule has 0 atom stereocenters. The van der Waals surface area contributed by atoms with Crippen molar-refractivity contribution in [3.8, 4) is 0 Å². The molecule has 0 aliphatic heterocycles. The minimum absolute atomic E-state index is 0.0391. The first-order valence-corrected chi connectivity index (χ1v) is 11.2. The fourth-order valence-corrected chi connectivity index (χ4v) is 3.60. The SMILES string of the molecule is C=CCN(CC(=O)N(Cc1ccccc1)Cc1cccn1C)C(=O)Nc1cccc(CC)c1. The van der Waals surface area contributed by atoms with Crippen LogP contribution in [0.1, 0.15) is 23.7 Å². The standard InChI is InChI=1S/C27H32N4O2/c1-4-16-30(27(33)28-24-14-9-13-22(5-2)18-24)21-26(32)31(19-23-11-7-6-8-12-23)20-25-15-10-17-29(25)3/h4,6-15,17-18H,1,5,16,19-21H2,2-3H3,(H,28,33). The third kappa shape index (κ3) is 6.84. The van der Waals surface area contributed by atoms with Crippen LogP contribution in [0, 0.1) is 0 Å². The second-order valence-electron chi connectivity index (χ2n) is 8.00. The molecule has 0 aliphatic carbocycles. The van der Waals surface area contributed by atoms with E-state index < -0.39 is 0 Å². The molecule has 0 aliphatic rings. The van der Waals surface area contributed by atoms with Gasteiger partial charge in [0.1, 0.15) is 6.54 Å². The zero-order chi connectivity index (χ0) is 23.6. The molecular formula is C27H32N4O2. The zero-order valence-electron chi connectivity index (χ0n) is 19.4. The summed E-state index contributed by atoms with van der Waals surface area (Å²) < 4.78 is 2.00. The first-order valence-electron chi connectivity index (χ1n) is 11.2. The second kappa shape index (κ2) is 11.7. The lowest BCUT2D eigenvalue weighted by molar-refractivity contribution is -0.133. The molecule has 172 valence electrons. The van der Waals surface area contributed by atoms with Crippen molar-refractivity contribution in [3.05, 3.63) is 102 Å². The molecule has 2 aromatic carbocycles. The molecule has 0 saturated heterocycles. The Kier molecular flexibility index (Phi) is 8.47. The number of aryl methyl sites for hydroxylation is 2. The van der Waals surface area contributed by atoms with E-state index in [1.54, 1.807) is 11.0 Å². The summed E-state index contributed by atoms with van der Waals surface area (Å²) in [5.41, 5.74) is 3.91. The van der Waals surface area contributed by atoms with Gasteiger partial charge in [0.05, 0.1) is 6.54 Å². The van der Waals surface area contributed by atoms with Gasteiger partial charge in [0, 0.05) is 37.7 Å². The lowest BCUT2D eigenvalue weighted by Crippen LogP contribution is -2.44. The Hall–Kier alpha value is -3.80. The van der Waals surface area contributed by atoms with Crippen LogP contribution in [-0.4, -0.2) is 39.4 Å². The number of anilines is 1. The van der Waals surface area contributed by atoms with E-state index in [1.165, 1.54) is 4.90 Å². The van der Waals surface area contributed by atoms with Gasteiger partial charge in [-0.2, -0.15) is 0 Å². The van der Waals surface area contributed by atoms with Crippen molar-refractivity contribution in [1.82, 2.24) is 14.4 Å². The molecule has 0 unspecified atom stereocenters. The Morgan fingerprint density at radius 2 is 1.73 bits per heavy atom. The normalized spacial score (nSPS) is 10.5. The summed E-state index contributed by atoms with van der Waals surface area (Å²) in [6, 6.07) is 21.2. The van der Waals surface area contributed by atoms with Gasteiger partial charge in [0.15, 0.2) is 0 Å². The highest BCUT2D eigenvalue weighted by atomic mass is 16.2. The molecule has 0 bridgehead atoms. The maximum atomic E-state index is 13.4. The van der Waals surface area contributed by atoms with Gasteiger partial charge in [-0.05, 0) is 41.8 Å². The van der Waals surface area contributed by atoms with E-state index in [0.717, 1.165) is 23.2 Å². The summed E-state index contributed by atoms with van der Waals surface area (Å²) in [6.07, 6.45) is 4.47. The topological polar surface area (TPSA) is 57.6 Å². The Balaban J connectivity index is 1.75. The van der Waals surface area contributed by atoms with E-state index in [1.807, 2.05) is 84.5 Å². The lowest BCUT2D eigenvalue weighted by atomic mass is 10.1. The molecule has 1 heterocycles. The average molecular weight is 445 g/mol. The highest BCUT2D eigenvalue weighted by Gasteiger charge is 2.22. The van der Waals surface area contributed by atoms with Crippen molar-refractivity contribution >= 4 is 17.6 Å². The van der Waals surface area contributed by atoms with Gasteiger partial charge in [-0.15, -0.1) is 6.58 Å². The van der Waals surface area contributed by atoms with E-state index in [2.05, 4.69) is 18.8 Å². The van der Waals surface area contributed by atoms with Crippen molar-refractivity contribution in [2.45, 2.75) is 26.4 Å². The van der Waals surface area contributed by atoms with E-state index >= 15 is 0 Å². The number of nitrogens with one attached hydrogen (secondary N) is 1. The summed E-state index contributed by atoms with van der Waals surface area (Å²) in [6.45, 7) is 6.98. The molecule has 1 N–H and O–H groups in total. The highest BCUT2D eigenvalue weighted by Crippen LogP contribution is 2.14. The maximum Gasteiger partial charge on any atom is 0.322 e. The largest absolute Gasteiger partial charge is 0.353 e. The van der Waals surface area contributed by atoms with Crippen molar-refractivity contribution in [3.63, 3.8) is 0 Å². The first-order chi connectivity index (χ1) is 16.0. The number of hydrogen-bond donors (Lipinski definition) is 1. The van der Waals surface area contributed by atoms with Gasteiger partial charge in [-0.3, -0.25) is 4.79 Å². The fraction of sp³-hybridized carbons (Fsp3) is 0.259. The Bertz CT molecular complexity index is 1070. The van der Waals surface area contributed by atoms with Gasteiger partial charge < -0.3 is 19.7 Å². The van der Waals surface area contributed by atoms with Crippen molar-refractivity contribution < 1.29 is 9.59 Å². The fourth-order valence-electron chi connectivity index (χ4n) is 3.60. The van der Waals surface area contributed by atoms with Gasteiger partial charge in [-0.1, -0.05) is 55.5 Å². The number of hydrogen-bond acceptors (Lipinski definition) is 2. The van der Waals surface area contributed by atoms with Crippen molar-refractivity contribution in [2.75, 3.05) is 18.4 Å². The van der Waals surface area contributed by atoms with Gasteiger partial charge in [-0.25, -0.2) is 4.79 Å². The van der Waals surface area contributed by atoms with Crippen LogP contribution in [0.4, 0.5) is 10.5 Å². The van der Waals surface area contributed by atoms with Crippen LogP contribution < -0.4 is 5.32 Å². The number of nitrogens with zero attached hydrogens (tertiary/aromatic N) is 3. The first kappa shape index (κ1) is 23.9. The zero-order valence-corrected chi connectivity index (χ0v) is 19.4. The number of aromatic nitrogens is 1. The predicted octanol–water partition coefficient (Wildman–Crippen LogP) is 4.84. The second-order valence-corrected chi connectivity index (χ2v) is 8.00. The number of benzene rings is 2. The smallest absolute Gasteiger partial charge is 0.322 e. The van der Waals surface area contributed by atoms with Gasteiger partial charge in [0.25, 0.3) is 0 Å². The Labute approximate surface area is 196 Å². The third-order valence-corrected chi connectivity index (χ3v) is 5.52. The minimum atomic E-state index is -0.324. The molecule has 3 amide bonds. The predicted molar refractivity (Wildman–Crippen MR) is 133 cm³/mol. The van der Waals surface area contributed by atoms with Crippen LogP contribution in [0.3, 0.4) is 0 Å². The van der Waals surface area contributed by atoms with E-state index in [-0.39, 0.29) is 25.0 Å². The van der Waals surface area contributed by atoms with Crippen molar-refractivity contribution in [1.29, 1.82) is 0 Å². The third-order valence-electron chi connectivity index (χ3n) is 5.52. The number of rotatable bonds is 10. The van der Waals surface area contributed by atoms with Crippen LogP contribution >= 0.6 is 0 Å². The maximum absolute atomic E-state index is 13.4. The van der Waals surface area contributed by atoms with Crippen LogP contribution in [0.2, 0.25) is 0 Å². The molecule has 0 fully saturated rings. The summed E-state index contributed by atoms with van der Waals surface area (Å²) in [5.74, 6) is -0.126. The Morgan fingerprint density at radius 1 is 0.970 bits per heavy atom. The summed E-state index contributed by atoms with van der Waals surface area (Å²) in [7, 11) is 1.96. The van der Waals surface area contributed by atoms with E-state index in [9.17, 15) is 9.59 Å². The molecule has 0 radical (unpaired) electrons. The molecule has 6 nitrogen and oxygen atoms in total. The van der Waals surface area contributed by atoms with E-state index in [4.69, 9.17) is 0 Å². The summed E-state index contributed by atoms with van der Waals surface area (Å²) in [5, 5.41) is 2.91. The molecular weight excluding hydrogens is 412 g/mol. The Morgan fingerprint density at radius 3 is 2.39 bits per heavy atom. The molecule has 6 heteroatoms. The minimum Gasteiger partial charge on any atom is -0.353 e. The molecule has 0 spiro atoms. The average Bonchev–Trinajstić information content (AvgIpc) is 3.23. The molecule has 33 heavy (non-hydrogen) atoms.